The molecule has 0 amide bonds. The van der Waals surface area contributed by atoms with Crippen LogP contribution in [0.2, 0.25) is 0 Å². The zero-order chi connectivity index (χ0) is 11.4. The number of halogens is 1. The lowest BCUT2D eigenvalue weighted by molar-refractivity contribution is 0.553. The first-order valence-electron chi connectivity index (χ1n) is 6.95. The minimum absolute atomic E-state index is 0.448. The molecular formula is C14H29Cl. The van der Waals surface area contributed by atoms with Gasteiger partial charge in [0.15, 0.2) is 0 Å². The van der Waals surface area contributed by atoms with Crippen molar-refractivity contribution in [1.29, 1.82) is 0 Å². The molecule has 0 saturated heterocycles. The van der Waals surface area contributed by atoms with Crippen LogP contribution in [-0.4, -0.2) is 5.38 Å². The van der Waals surface area contributed by atoms with Crippen LogP contribution in [0.15, 0.2) is 0 Å². The van der Waals surface area contributed by atoms with Gasteiger partial charge in [0.1, 0.15) is 0 Å². The minimum Gasteiger partial charge on any atom is -0.123 e. The molecule has 0 bridgehead atoms. The zero-order valence-corrected chi connectivity index (χ0v) is 11.5. The van der Waals surface area contributed by atoms with E-state index in [-0.39, 0.29) is 0 Å². The second kappa shape index (κ2) is 12.4. The Morgan fingerprint density at radius 2 is 1.07 bits per heavy atom. The predicted octanol–water partition coefficient (Wildman–Crippen LogP) is 5.92. The van der Waals surface area contributed by atoms with Gasteiger partial charge >= 0.3 is 0 Å². The van der Waals surface area contributed by atoms with Crippen molar-refractivity contribution in [3.05, 3.63) is 0 Å². The Hall–Kier alpha value is 0.290. The summed E-state index contributed by atoms with van der Waals surface area (Å²) < 4.78 is 0. The van der Waals surface area contributed by atoms with Crippen molar-refractivity contribution in [1.82, 2.24) is 0 Å². The molecule has 0 nitrogen and oxygen atoms in total. The molecule has 92 valence electrons. The van der Waals surface area contributed by atoms with Gasteiger partial charge in [-0.1, -0.05) is 71.6 Å². The van der Waals surface area contributed by atoms with Gasteiger partial charge in [-0.2, -0.15) is 0 Å². The molecule has 0 heterocycles. The van der Waals surface area contributed by atoms with Crippen molar-refractivity contribution >= 4 is 11.6 Å². The van der Waals surface area contributed by atoms with E-state index >= 15 is 0 Å². The van der Waals surface area contributed by atoms with Crippen molar-refractivity contribution in [3.8, 4) is 0 Å². The highest BCUT2D eigenvalue weighted by Gasteiger charge is 2.03. The molecular weight excluding hydrogens is 204 g/mol. The first kappa shape index (κ1) is 15.3. The Labute approximate surface area is 102 Å². The third kappa shape index (κ3) is 12.2. The summed E-state index contributed by atoms with van der Waals surface area (Å²) in [5, 5.41) is 0.448. The van der Waals surface area contributed by atoms with E-state index < -0.39 is 0 Å². The van der Waals surface area contributed by atoms with Crippen LogP contribution < -0.4 is 0 Å². The first-order valence-corrected chi connectivity index (χ1v) is 7.39. The van der Waals surface area contributed by atoms with Gasteiger partial charge in [-0.3, -0.25) is 0 Å². The third-order valence-corrected chi connectivity index (χ3v) is 3.43. The highest BCUT2D eigenvalue weighted by Crippen LogP contribution is 2.17. The van der Waals surface area contributed by atoms with E-state index in [1.165, 1.54) is 70.6 Å². The van der Waals surface area contributed by atoms with E-state index in [1.54, 1.807) is 0 Å². The quantitative estimate of drug-likeness (QED) is 0.306. The van der Waals surface area contributed by atoms with Gasteiger partial charge in [-0.15, -0.1) is 11.6 Å². The topological polar surface area (TPSA) is 0 Å². The Bertz CT molecular complexity index is 112. The normalized spacial score (nSPS) is 13.0. The van der Waals surface area contributed by atoms with Crippen molar-refractivity contribution < 1.29 is 0 Å². The molecule has 1 atom stereocenters. The summed E-state index contributed by atoms with van der Waals surface area (Å²) >= 11 is 6.27. The van der Waals surface area contributed by atoms with Gasteiger partial charge in [0, 0.05) is 5.38 Å². The van der Waals surface area contributed by atoms with E-state index in [0.717, 1.165) is 0 Å². The molecule has 0 aromatic heterocycles. The lowest BCUT2D eigenvalue weighted by atomic mass is 10.1. The van der Waals surface area contributed by atoms with Crippen LogP contribution >= 0.6 is 11.6 Å². The van der Waals surface area contributed by atoms with Gasteiger partial charge in [0.2, 0.25) is 0 Å². The van der Waals surface area contributed by atoms with Crippen LogP contribution in [0.4, 0.5) is 0 Å². The summed E-state index contributed by atoms with van der Waals surface area (Å²) in [5.41, 5.74) is 0. The lowest BCUT2D eigenvalue weighted by Crippen LogP contribution is -1.98. The summed E-state index contributed by atoms with van der Waals surface area (Å²) in [6.07, 6.45) is 14.7. The smallest absolute Gasteiger partial charge is 0.0336 e. The molecule has 1 heteroatoms. The molecule has 0 aromatic rings. The second-order valence-electron chi connectivity index (χ2n) is 4.65. The fourth-order valence-corrected chi connectivity index (χ4v) is 2.21. The summed E-state index contributed by atoms with van der Waals surface area (Å²) in [5.74, 6) is 0. The molecule has 0 rings (SSSR count). The summed E-state index contributed by atoms with van der Waals surface area (Å²) in [6.45, 7) is 4.52. The fourth-order valence-electron chi connectivity index (χ4n) is 1.91. The lowest BCUT2D eigenvalue weighted by Gasteiger charge is -2.08. The fraction of sp³-hybridized carbons (Fsp3) is 1.00. The average molecular weight is 233 g/mol. The number of rotatable bonds is 11. The molecule has 0 saturated carbocycles. The largest absolute Gasteiger partial charge is 0.123 e. The zero-order valence-electron chi connectivity index (χ0n) is 10.7. The highest BCUT2D eigenvalue weighted by atomic mass is 35.5. The molecule has 0 N–H and O–H groups in total. The van der Waals surface area contributed by atoms with Crippen LogP contribution in [0, 0.1) is 0 Å². The van der Waals surface area contributed by atoms with Gasteiger partial charge in [-0.05, 0) is 12.8 Å². The van der Waals surface area contributed by atoms with Crippen molar-refractivity contribution in [2.24, 2.45) is 0 Å². The minimum atomic E-state index is 0.448. The molecule has 0 aliphatic rings. The van der Waals surface area contributed by atoms with Gasteiger partial charge in [-0.25, -0.2) is 0 Å². The molecule has 0 fully saturated rings. The average Bonchev–Trinajstić information content (AvgIpc) is 2.24. The molecule has 0 aromatic carbocycles. The molecule has 0 spiro atoms. The van der Waals surface area contributed by atoms with E-state index in [9.17, 15) is 0 Å². The second-order valence-corrected chi connectivity index (χ2v) is 5.27. The number of alkyl halides is 1. The van der Waals surface area contributed by atoms with E-state index in [4.69, 9.17) is 11.6 Å². The van der Waals surface area contributed by atoms with Crippen molar-refractivity contribution in [2.75, 3.05) is 0 Å². The van der Waals surface area contributed by atoms with Crippen LogP contribution in [-0.2, 0) is 0 Å². The monoisotopic (exact) mass is 232 g/mol. The first-order chi connectivity index (χ1) is 7.31. The molecule has 0 aliphatic carbocycles. The maximum absolute atomic E-state index is 6.27. The summed E-state index contributed by atoms with van der Waals surface area (Å²) in [6, 6.07) is 0. The van der Waals surface area contributed by atoms with E-state index in [2.05, 4.69) is 13.8 Å². The number of hydrogen-bond donors (Lipinski definition) is 0. The van der Waals surface area contributed by atoms with Crippen LogP contribution in [0.25, 0.3) is 0 Å². The van der Waals surface area contributed by atoms with Gasteiger partial charge in [0.05, 0.1) is 0 Å². The van der Waals surface area contributed by atoms with Crippen molar-refractivity contribution in [3.63, 3.8) is 0 Å². The molecule has 0 aliphatic heterocycles. The van der Waals surface area contributed by atoms with Crippen LogP contribution in [0.5, 0.6) is 0 Å². The van der Waals surface area contributed by atoms with Crippen LogP contribution in [0.3, 0.4) is 0 Å². The molecule has 0 radical (unpaired) electrons. The van der Waals surface area contributed by atoms with E-state index in [0.29, 0.717) is 5.38 Å². The third-order valence-electron chi connectivity index (χ3n) is 2.99. The maximum Gasteiger partial charge on any atom is 0.0336 e. The Morgan fingerprint density at radius 1 is 0.667 bits per heavy atom. The summed E-state index contributed by atoms with van der Waals surface area (Å²) in [7, 11) is 0. The standard InChI is InChI=1S/C14H29Cl/c1-3-5-7-9-11-13-14(15)12-10-8-6-4-2/h14H,3-13H2,1-2H3. The van der Waals surface area contributed by atoms with Gasteiger partial charge in [0.25, 0.3) is 0 Å². The molecule has 1 unspecified atom stereocenters. The van der Waals surface area contributed by atoms with Crippen molar-refractivity contribution in [2.45, 2.75) is 89.9 Å². The van der Waals surface area contributed by atoms with Crippen LogP contribution in [0.1, 0.15) is 84.5 Å². The Balaban J connectivity index is 3.08. The number of unbranched alkanes of at least 4 members (excludes halogenated alkanes) is 7. The summed E-state index contributed by atoms with van der Waals surface area (Å²) in [4.78, 5) is 0. The van der Waals surface area contributed by atoms with E-state index in [1.807, 2.05) is 0 Å². The molecule has 15 heavy (non-hydrogen) atoms. The SMILES string of the molecule is CCCCCCCC(Cl)CCCCCC. The Kier molecular flexibility index (Phi) is 12.6. The van der Waals surface area contributed by atoms with Gasteiger partial charge < -0.3 is 0 Å². The highest BCUT2D eigenvalue weighted by molar-refractivity contribution is 6.20. The Morgan fingerprint density at radius 3 is 1.53 bits per heavy atom. The number of hydrogen-bond acceptors (Lipinski definition) is 0. The maximum atomic E-state index is 6.27. The predicted molar refractivity (Wildman–Crippen MR) is 71.8 cm³/mol.